The molecule has 0 N–H and O–H groups in total. The molecule has 0 spiro atoms. The van der Waals surface area contributed by atoms with E-state index in [9.17, 15) is 4.79 Å². The third kappa shape index (κ3) is 3.28. The SMILES string of the molecule is Cc1nn(C(C)C)c(C)c1CN1CC[C@]2(c3ccccc3)[C@@H](C1)OCC(=O)N2C. The zero-order chi connectivity index (χ0) is 20.8. The first-order valence-corrected chi connectivity index (χ1v) is 10.5. The summed E-state index contributed by atoms with van der Waals surface area (Å²) in [6, 6.07) is 10.7. The summed E-state index contributed by atoms with van der Waals surface area (Å²) in [5.74, 6) is 0.0588. The van der Waals surface area contributed by atoms with Crippen molar-refractivity contribution >= 4 is 5.91 Å². The molecule has 2 aliphatic heterocycles. The Bertz CT molecular complexity index is 892. The van der Waals surface area contributed by atoms with Crippen LogP contribution in [0.1, 0.15) is 48.8 Å². The van der Waals surface area contributed by atoms with Crippen molar-refractivity contribution in [3.05, 3.63) is 52.8 Å². The molecule has 6 heteroatoms. The van der Waals surface area contributed by atoms with Gasteiger partial charge >= 0.3 is 0 Å². The second kappa shape index (κ2) is 7.58. The molecular formula is C23H32N4O2. The van der Waals surface area contributed by atoms with Crippen LogP contribution in [-0.4, -0.2) is 58.3 Å². The van der Waals surface area contributed by atoms with Crippen molar-refractivity contribution in [1.82, 2.24) is 19.6 Å². The highest BCUT2D eigenvalue weighted by atomic mass is 16.5. The fourth-order valence-electron chi connectivity index (χ4n) is 5.08. The molecule has 1 aromatic heterocycles. The van der Waals surface area contributed by atoms with E-state index in [1.807, 2.05) is 30.1 Å². The van der Waals surface area contributed by atoms with Crippen molar-refractivity contribution < 1.29 is 9.53 Å². The van der Waals surface area contributed by atoms with Gasteiger partial charge in [0.1, 0.15) is 6.61 Å². The topological polar surface area (TPSA) is 50.6 Å². The average Bonchev–Trinajstić information content (AvgIpc) is 3.00. The van der Waals surface area contributed by atoms with E-state index in [1.54, 1.807) is 0 Å². The molecule has 0 aliphatic carbocycles. The van der Waals surface area contributed by atoms with Crippen molar-refractivity contribution in [1.29, 1.82) is 0 Å². The van der Waals surface area contributed by atoms with Crippen LogP contribution >= 0.6 is 0 Å². The molecule has 29 heavy (non-hydrogen) atoms. The average molecular weight is 397 g/mol. The van der Waals surface area contributed by atoms with Crippen molar-refractivity contribution in [2.75, 3.05) is 26.7 Å². The maximum absolute atomic E-state index is 12.5. The van der Waals surface area contributed by atoms with Gasteiger partial charge in [0, 0.05) is 44.0 Å². The quantitative estimate of drug-likeness (QED) is 0.797. The van der Waals surface area contributed by atoms with E-state index in [2.05, 4.69) is 49.4 Å². The Balaban J connectivity index is 1.61. The highest BCUT2D eigenvalue weighted by Gasteiger charge is 2.52. The van der Waals surface area contributed by atoms with Gasteiger partial charge in [0.2, 0.25) is 5.91 Å². The fraction of sp³-hybridized carbons (Fsp3) is 0.565. The smallest absolute Gasteiger partial charge is 0.249 e. The van der Waals surface area contributed by atoms with E-state index >= 15 is 0 Å². The minimum atomic E-state index is -0.390. The molecule has 0 bridgehead atoms. The molecule has 0 radical (unpaired) electrons. The summed E-state index contributed by atoms with van der Waals surface area (Å²) in [6.45, 7) is 11.3. The van der Waals surface area contributed by atoms with Gasteiger partial charge in [-0.15, -0.1) is 0 Å². The van der Waals surface area contributed by atoms with Crippen LogP contribution in [0.15, 0.2) is 30.3 Å². The summed E-state index contributed by atoms with van der Waals surface area (Å²) in [7, 11) is 1.93. The summed E-state index contributed by atoms with van der Waals surface area (Å²) < 4.78 is 8.26. The highest BCUT2D eigenvalue weighted by Crippen LogP contribution is 2.42. The van der Waals surface area contributed by atoms with Crippen LogP contribution in [0.3, 0.4) is 0 Å². The number of carbonyl (C=O) groups is 1. The van der Waals surface area contributed by atoms with Crippen LogP contribution in [0.4, 0.5) is 0 Å². The minimum absolute atomic E-state index is 0.0397. The summed E-state index contributed by atoms with van der Waals surface area (Å²) in [5, 5.41) is 4.75. The van der Waals surface area contributed by atoms with Crippen molar-refractivity contribution in [2.45, 2.75) is 58.3 Å². The summed E-state index contributed by atoms with van der Waals surface area (Å²) >= 11 is 0. The van der Waals surface area contributed by atoms with Gasteiger partial charge in [-0.3, -0.25) is 14.4 Å². The molecule has 2 aromatic rings. The minimum Gasteiger partial charge on any atom is -0.364 e. The molecule has 2 fully saturated rings. The zero-order valence-electron chi connectivity index (χ0n) is 18.2. The molecule has 0 unspecified atom stereocenters. The molecule has 1 aromatic carbocycles. The highest BCUT2D eigenvalue weighted by molar-refractivity contribution is 5.79. The van der Waals surface area contributed by atoms with E-state index in [-0.39, 0.29) is 24.2 Å². The Morgan fingerprint density at radius 2 is 1.97 bits per heavy atom. The Kier molecular flexibility index (Phi) is 5.25. The molecule has 2 atom stereocenters. The van der Waals surface area contributed by atoms with Gasteiger partial charge in [-0.25, -0.2) is 0 Å². The number of morpholine rings is 1. The van der Waals surface area contributed by atoms with E-state index in [4.69, 9.17) is 9.84 Å². The van der Waals surface area contributed by atoms with Crippen molar-refractivity contribution in [3.63, 3.8) is 0 Å². The number of aryl methyl sites for hydroxylation is 1. The standard InChI is InChI=1S/C23H32N4O2/c1-16(2)27-18(4)20(17(3)24-27)13-26-12-11-23(19-9-7-6-8-10-19)21(14-26)29-15-22(28)25(23)5/h6-10,16,21H,11-15H2,1-5H3/t21-,23+/m1/s1. The molecule has 6 nitrogen and oxygen atoms in total. The third-order valence-electron chi connectivity index (χ3n) is 6.77. The van der Waals surface area contributed by atoms with Crippen molar-refractivity contribution in [2.24, 2.45) is 0 Å². The van der Waals surface area contributed by atoms with Crippen LogP contribution in [0.25, 0.3) is 0 Å². The second-order valence-corrected chi connectivity index (χ2v) is 8.72. The zero-order valence-corrected chi connectivity index (χ0v) is 18.2. The van der Waals surface area contributed by atoms with Gasteiger partial charge in [0.15, 0.2) is 0 Å². The number of piperidine rings is 1. The first-order chi connectivity index (χ1) is 13.8. The number of benzene rings is 1. The summed E-state index contributed by atoms with van der Waals surface area (Å²) in [5.41, 5.74) is 4.44. The van der Waals surface area contributed by atoms with E-state index in [1.165, 1.54) is 16.8 Å². The van der Waals surface area contributed by atoms with Gasteiger partial charge in [-0.05, 0) is 39.7 Å². The maximum atomic E-state index is 12.5. The van der Waals surface area contributed by atoms with Crippen molar-refractivity contribution in [3.8, 4) is 0 Å². The lowest BCUT2D eigenvalue weighted by molar-refractivity contribution is -0.183. The van der Waals surface area contributed by atoms with Crippen LogP contribution in [0.5, 0.6) is 0 Å². The molecular weight excluding hydrogens is 364 g/mol. The molecule has 2 saturated heterocycles. The lowest BCUT2D eigenvalue weighted by Crippen LogP contribution is -2.66. The van der Waals surface area contributed by atoms with Gasteiger partial charge in [-0.2, -0.15) is 5.10 Å². The van der Waals surface area contributed by atoms with Gasteiger partial charge in [-0.1, -0.05) is 30.3 Å². The molecule has 3 heterocycles. The number of carbonyl (C=O) groups excluding carboxylic acids is 1. The van der Waals surface area contributed by atoms with Crippen LogP contribution in [-0.2, 0) is 21.6 Å². The Morgan fingerprint density at radius 1 is 1.24 bits per heavy atom. The normalized spacial score (nSPS) is 25.5. The van der Waals surface area contributed by atoms with Crippen LogP contribution in [0, 0.1) is 13.8 Å². The van der Waals surface area contributed by atoms with E-state index in [0.717, 1.165) is 31.7 Å². The number of ether oxygens (including phenoxy) is 1. The molecule has 0 saturated carbocycles. The predicted molar refractivity (Wildman–Crippen MR) is 113 cm³/mol. The van der Waals surface area contributed by atoms with Crippen LogP contribution < -0.4 is 0 Å². The number of amides is 1. The molecule has 2 aliphatic rings. The number of likely N-dealkylation sites (N-methyl/N-ethyl adjacent to an activating group) is 1. The number of hydrogen-bond donors (Lipinski definition) is 0. The largest absolute Gasteiger partial charge is 0.364 e. The lowest BCUT2D eigenvalue weighted by atomic mass is 9.76. The maximum Gasteiger partial charge on any atom is 0.249 e. The fourth-order valence-corrected chi connectivity index (χ4v) is 5.08. The third-order valence-corrected chi connectivity index (χ3v) is 6.77. The van der Waals surface area contributed by atoms with Gasteiger partial charge in [0.25, 0.3) is 0 Å². The summed E-state index contributed by atoms with van der Waals surface area (Å²) in [6.07, 6.45) is 0.822. The molecule has 156 valence electrons. The van der Waals surface area contributed by atoms with Gasteiger partial charge in [0.05, 0.1) is 17.3 Å². The molecule has 4 rings (SSSR count). The lowest BCUT2D eigenvalue weighted by Gasteiger charge is -2.55. The first-order valence-electron chi connectivity index (χ1n) is 10.5. The Labute approximate surface area is 173 Å². The predicted octanol–water partition coefficient (Wildman–Crippen LogP) is 3.04. The first kappa shape index (κ1) is 20.1. The number of rotatable bonds is 4. The molecule has 1 amide bonds. The monoisotopic (exact) mass is 396 g/mol. The number of likely N-dealkylation sites (tertiary alicyclic amines) is 1. The number of aromatic nitrogens is 2. The second-order valence-electron chi connectivity index (χ2n) is 8.72. The number of hydrogen-bond acceptors (Lipinski definition) is 4. The number of nitrogens with zero attached hydrogens (tertiary/aromatic N) is 4. The van der Waals surface area contributed by atoms with E-state index < -0.39 is 0 Å². The number of fused-ring (bicyclic) bond motifs is 1. The summed E-state index contributed by atoms with van der Waals surface area (Å²) in [4.78, 5) is 16.9. The van der Waals surface area contributed by atoms with Crippen LogP contribution in [0.2, 0.25) is 0 Å². The van der Waals surface area contributed by atoms with Gasteiger partial charge < -0.3 is 9.64 Å². The Morgan fingerprint density at radius 3 is 2.62 bits per heavy atom. The van der Waals surface area contributed by atoms with E-state index in [0.29, 0.717) is 6.04 Å². The Hall–Kier alpha value is -2.18.